The molecule has 1 aromatic heterocycles. The Labute approximate surface area is 95.5 Å². The number of aryl methyl sites for hydroxylation is 1. The monoisotopic (exact) mass is 218 g/mol. The van der Waals surface area contributed by atoms with Gasteiger partial charge < -0.3 is 15.4 Å². The molecule has 0 aliphatic rings. The van der Waals surface area contributed by atoms with E-state index in [0.29, 0.717) is 0 Å². The van der Waals surface area contributed by atoms with Gasteiger partial charge in [0.2, 0.25) is 0 Å². The van der Waals surface area contributed by atoms with E-state index in [-0.39, 0.29) is 6.61 Å². The SMILES string of the molecule is Nc1cccc2ccn(CCCCCO)c12. The maximum atomic E-state index is 8.71. The van der Waals surface area contributed by atoms with Gasteiger partial charge in [0.05, 0.1) is 11.2 Å². The Morgan fingerprint density at radius 2 is 2.00 bits per heavy atom. The summed E-state index contributed by atoms with van der Waals surface area (Å²) in [6.07, 6.45) is 5.11. The molecule has 0 atom stereocenters. The van der Waals surface area contributed by atoms with Crippen molar-refractivity contribution in [3.05, 3.63) is 30.5 Å². The first kappa shape index (κ1) is 11.0. The summed E-state index contributed by atoms with van der Waals surface area (Å²) in [5.41, 5.74) is 7.94. The highest BCUT2D eigenvalue weighted by Gasteiger charge is 2.03. The molecule has 0 spiro atoms. The molecule has 0 saturated carbocycles. The van der Waals surface area contributed by atoms with E-state index in [1.54, 1.807) is 0 Å². The largest absolute Gasteiger partial charge is 0.397 e. The smallest absolute Gasteiger partial charge is 0.0713 e. The summed E-state index contributed by atoms with van der Waals surface area (Å²) in [5.74, 6) is 0. The number of anilines is 1. The summed E-state index contributed by atoms with van der Waals surface area (Å²) in [4.78, 5) is 0. The van der Waals surface area contributed by atoms with Crippen LogP contribution in [-0.4, -0.2) is 16.3 Å². The molecule has 0 saturated heterocycles. The second kappa shape index (κ2) is 5.03. The highest BCUT2D eigenvalue weighted by Crippen LogP contribution is 2.22. The van der Waals surface area contributed by atoms with Crippen molar-refractivity contribution in [2.45, 2.75) is 25.8 Å². The molecule has 2 aromatic rings. The number of nitrogen functional groups attached to an aromatic ring is 1. The van der Waals surface area contributed by atoms with E-state index < -0.39 is 0 Å². The highest BCUT2D eigenvalue weighted by atomic mass is 16.2. The van der Waals surface area contributed by atoms with Crippen molar-refractivity contribution in [1.82, 2.24) is 4.57 Å². The van der Waals surface area contributed by atoms with Gasteiger partial charge in [0.1, 0.15) is 0 Å². The van der Waals surface area contributed by atoms with Gasteiger partial charge in [0.15, 0.2) is 0 Å². The van der Waals surface area contributed by atoms with Gasteiger partial charge in [-0.25, -0.2) is 0 Å². The molecule has 0 bridgehead atoms. The lowest BCUT2D eigenvalue weighted by Gasteiger charge is -2.06. The van der Waals surface area contributed by atoms with Crippen LogP contribution in [0.2, 0.25) is 0 Å². The van der Waals surface area contributed by atoms with Crippen LogP contribution in [0.3, 0.4) is 0 Å². The summed E-state index contributed by atoms with van der Waals surface area (Å²) < 4.78 is 2.20. The number of unbranched alkanes of at least 4 members (excludes halogenated alkanes) is 2. The minimum Gasteiger partial charge on any atom is -0.397 e. The number of para-hydroxylation sites is 1. The summed E-state index contributed by atoms with van der Waals surface area (Å²) in [7, 11) is 0. The predicted molar refractivity (Wildman–Crippen MR) is 67.3 cm³/mol. The molecular weight excluding hydrogens is 200 g/mol. The Morgan fingerprint density at radius 3 is 2.81 bits per heavy atom. The first-order valence-electron chi connectivity index (χ1n) is 5.77. The van der Waals surface area contributed by atoms with Crippen LogP contribution < -0.4 is 5.73 Å². The molecule has 0 amide bonds. The first-order valence-corrected chi connectivity index (χ1v) is 5.77. The Morgan fingerprint density at radius 1 is 1.12 bits per heavy atom. The molecule has 3 heteroatoms. The van der Waals surface area contributed by atoms with Crippen molar-refractivity contribution < 1.29 is 5.11 Å². The second-order valence-electron chi connectivity index (χ2n) is 4.08. The second-order valence-corrected chi connectivity index (χ2v) is 4.08. The Balaban J connectivity index is 2.12. The lowest BCUT2D eigenvalue weighted by Crippen LogP contribution is -1.99. The zero-order valence-corrected chi connectivity index (χ0v) is 9.39. The van der Waals surface area contributed by atoms with E-state index in [9.17, 15) is 0 Å². The van der Waals surface area contributed by atoms with Crippen LogP contribution in [0.5, 0.6) is 0 Å². The first-order chi connectivity index (χ1) is 7.83. The van der Waals surface area contributed by atoms with Crippen LogP contribution in [0, 0.1) is 0 Å². The van der Waals surface area contributed by atoms with Crippen molar-refractivity contribution in [1.29, 1.82) is 0 Å². The fraction of sp³-hybridized carbons (Fsp3) is 0.385. The average molecular weight is 218 g/mol. The standard InChI is InChI=1S/C13H18N2O/c14-12-6-4-5-11-7-9-15(13(11)12)8-2-1-3-10-16/h4-7,9,16H,1-3,8,10,14H2. The van der Waals surface area contributed by atoms with Gasteiger partial charge in [-0.2, -0.15) is 0 Å². The number of aromatic nitrogens is 1. The number of fused-ring (bicyclic) bond motifs is 1. The zero-order chi connectivity index (χ0) is 11.4. The summed E-state index contributed by atoms with van der Waals surface area (Å²) in [6.45, 7) is 1.26. The summed E-state index contributed by atoms with van der Waals surface area (Å²) in [5, 5.41) is 9.91. The lowest BCUT2D eigenvalue weighted by molar-refractivity contribution is 0.282. The molecule has 0 aliphatic carbocycles. The van der Waals surface area contributed by atoms with Gasteiger partial charge in [-0.1, -0.05) is 12.1 Å². The van der Waals surface area contributed by atoms with Crippen molar-refractivity contribution >= 4 is 16.6 Å². The molecule has 0 aliphatic heterocycles. The third-order valence-corrected chi connectivity index (χ3v) is 2.88. The molecule has 3 N–H and O–H groups in total. The van der Waals surface area contributed by atoms with Gasteiger partial charge in [0, 0.05) is 24.7 Å². The van der Waals surface area contributed by atoms with Crippen LogP contribution in [0.1, 0.15) is 19.3 Å². The Hall–Kier alpha value is -1.48. The number of nitrogens with two attached hydrogens (primary N) is 1. The van der Waals surface area contributed by atoms with Crippen LogP contribution in [0.15, 0.2) is 30.5 Å². The lowest BCUT2D eigenvalue weighted by atomic mass is 10.2. The van der Waals surface area contributed by atoms with Gasteiger partial charge in [0.25, 0.3) is 0 Å². The molecule has 0 unspecified atom stereocenters. The van der Waals surface area contributed by atoms with Crippen LogP contribution in [0.25, 0.3) is 10.9 Å². The van der Waals surface area contributed by atoms with Gasteiger partial charge >= 0.3 is 0 Å². The third kappa shape index (κ3) is 2.19. The summed E-state index contributed by atoms with van der Waals surface area (Å²) >= 11 is 0. The molecule has 0 radical (unpaired) electrons. The van der Waals surface area contributed by atoms with Crippen LogP contribution >= 0.6 is 0 Å². The molecule has 3 nitrogen and oxygen atoms in total. The minimum atomic E-state index is 0.286. The molecule has 1 aromatic carbocycles. The fourth-order valence-corrected chi connectivity index (χ4v) is 2.05. The van der Waals surface area contributed by atoms with E-state index in [0.717, 1.165) is 37.0 Å². The number of aliphatic hydroxyl groups is 1. The van der Waals surface area contributed by atoms with Crippen molar-refractivity contribution in [3.8, 4) is 0 Å². The number of benzene rings is 1. The predicted octanol–water partition coefficient (Wildman–Crippen LogP) is 2.39. The average Bonchev–Trinajstić information content (AvgIpc) is 2.69. The van der Waals surface area contributed by atoms with Crippen molar-refractivity contribution in [3.63, 3.8) is 0 Å². The molecule has 2 rings (SSSR count). The number of hydrogen-bond acceptors (Lipinski definition) is 2. The van der Waals surface area contributed by atoms with E-state index in [1.807, 2.05) is 12.1 Å². The molecule has 1 heterocycles. The number of hydrogen-bond donors (Lipinski definition) is 2. The Bertz CT molecular complexity index is 462. The number of rotatable bonds is 5. The summed E-state index contributed by atoms with van der Waals surface area (Å²) in [6, 6.07) is 8.09. The molecular formula is C13H18N2O. The van der Waals surface area contributed by atoms with E-state index >= 15 is 0 Å². The highest BCUT2D eigenvalue weighted by molar-refractivity contribution is 5.90. The third-order valence-electron chi connectivity index (χ3n) is 2.88. The quantitative estimate of drug-likeness (QED) is 0.598. The van der Waals surface area contributed by atoms with Crippen LogP contribution in [0.4, 0.5) is 5.69 Å². The minimum absolute atomic E-state index is 0.286. The molecule has 86 valence electrons. The van der Waals surface area contributed by atoms with Gasteiger partial charge in [-0.3, -0.25) is 0 Å². The van der Waals surface area contributed by atoms with Gasteiger partial charge in [-0.05, 0) is 31.4 Å². The van der Waals surface area contributed by atoms with Crippen molar-refractivity contribution in [2.75, 3.05) is 12.3 Å². The van der Waals surface area contributed by atoms with E-state index in [4.69, 9.17) is 10.8 Å². The number of aliphatic hydroxyl groups excluding tert-OH is 1. The maximum absolute atomic E-state index is 8.71. The fourth-order valence-electron chi connectivity index (χ4n) is 2.05. The van der Waals surface area contributed by atoms with E-state index in [2.05, 4.69) is 22.9 Å². The van der Waals surface area contributed by atoms with Gasteiger partial charge in [-0.15, -0.1) is 0 Å². The number of nitrogens with zero attached hydrogens (tertiary/aromatic N) is 1. The molecule has 16 heavy (non-hydrogen) atoms. The molecule has 0 fully saturated rings. The normalized spacial score (nSPS) is 11.1. The van der Waals surface area contributed by atoms with E-state index in [1.165, 1.54) is 5.39 Å². The van der Waals surface area contributed by atoms with Crippen molar-refractivity contribution in [2.24, 2.45) is 0 Å². The maximum Gasteiger partial charge on any atom is 0.0713 e. The Kier molecular flexibility index (Phi) is 3.47. The zero-order valence-electron chi connectivity index (χ0n) is 9.39. The topological polar surface area (TPSA) is 51.2 Å². The van der Waals surface area contributed by atoms with Crippen LogP contribution in [-0.2, 0) is 6.54 Å².